The Morgan fingerprint density at radius 2 is 1.95 bits per heavy atom. The van der Waals surface area contributed by atoms with Crippen molar-refractivity contribution in [3.8, 4) is 0 Å². The van der Waals surface area contributed by atoms with Crippen LogP contribution in [0.1, 0.15) is 57.7 Å². The van der Waals surface area contributed by atoms with Crippen LogP contribution in [0.5, 0.6) is 0 Å². The van der Waals surface area contributed by atoms with Gasteiger partial charge in [0, 0.05) is 18.9 Å². The largest absolute Gasteiger partial charge is 0.339 e. The summed E-state index contributed by atoms with van der Waals surface area (Å²) in [6, 6.07) is 0.390. The third kappa shape index (κ3) is 4.30. The summed E-state index contributed by atoms with van der Waals surface area (Å²) in [6.07, 6.45) is 8.71. The van der Waals surface area contributed by atoms with E-state index in [1.165, 1.54) is 32.1 Å². The van der Waals surface area contributed by atoms with Crippen molar-refractivity contribution < 1.29 is 4.52 Å². The maximum atomic E-state index is 5.38. The lowest BCUT2D eigenvalue weighted by Gasteiger charge is -2.26. The molecule has 0 saturated heterocycles. The number of aromatic nitrogens is 2. The lowest BCUT2D eigenvalue weighted by molar-refractivity contribution is 0.243. The molecule has 1 heterocycles. The summed E-state index contributed by atoms with van der Waals surface area (Å²) in [4.78, 5) is 4.52. The van der Waals surface area contributed by atoms with Crippen LogP contribution in [0.25, 0.3) is 0 Å². The number of nitrogens with one attached hydrogen (secondary N) is 1. The minimum atomic E-state index is 0.390. The van der Waals surface area contributed by atoms with Crippen LogP contribution in [-0.4, -0.2) is 23.2 Å². The van der Waals surface area contributed by atoms with Gasteiger partial charge in [0.2, 0.25) is 5.89 Å². The van der Waals surface area contributed by atoms with Gasteiger partial charge in [-0.15, -0.1) is 0 Å². The Morgan fingerprint density at radius 3 is 2.63 bits per heavy atom. The molecule has 1 N–H and O–H groups in total. The zero-order valence-electron chi connectivity index (χ0n) is 12.5. The Bertz CT molecular complexity index is 371. The number of nitrogens with zero attached hydrogens (tertiary/aromatic N) is 2. The molecule has 108 valence electrons. The normalized spacial score (nSPS) is 20.4. The third-order valence-electron chi connectivity index (χ3n) is 4.44. The van der Waals surface area contributed by atoms with Crippen LogP contribution in [-0.2, 0) is 12.8 Å². The standard InChI is InChI=1S/C15H27N3O/c1-11(13-7-5-4-6-8-13)9-15-17-14(18-19-15)10-12(2)16-3/h11-13,16H,4-10H2,1-3H3. The van der Waals surface area contributed by atoms with Gasteiger partial charge in [-0.25, -0.2) is 0 Å². The van der Waals surface area contributed by atoms with Gasteiger partial charge in [-0.05, 0) is 25.8 Å². The molecule has 1 aromatic heterocycles. The lowest BCUT2D eigenvalue weighted by Crippen LogP contribution is -2.24. The first kappa shape index (κ1) is 14.5. The maximum absolute atomic E-state index is 5.38. The molecule has 2 rings (SSSR count). The van der Waals surface area contributed by atoms with Gasteiger partial charge in [0.1, 0.15) is 0 Å². The molecule has 2 atom stereocenters. The highest BCUT2D eigenvalue weighted by Crippen LogP contribution is 2.31. The molecule has 0 aromatic carbocycles. The Morgan fingerprint density at radius 1 is 1.21 bits per heavy atom. The number of likely N-dealkylation sites (N-methyl/N-ethyl adjacent to an activating group) is 1. The van der Waals surface area contributed by atoms with Crippen molar-refractivity contribution in [2.24, 2.45) is 11.8 Å². The fourth-order valence-electron chi connectivity index (χ4n) is 2.98. The molecule has 1 saturated carbocycles. The molecular weight excluding hydrogens is 238 g/mol. The van der Waals surface area contributed by atoms with E-state index in [1.807, 2.05) is 7.05 Å². The fourth-order valence-corrected chi connectivity index (χ4v) is 2.98. The number of rotatable bonds is 6. The molecule has 1 aliphatic rings. The van der Waals surface area contributed by atoms with Crippen molar-refractivity contribution in [3.63, 3.8) is 0 Å². The fraction of sp³-hybridized carbons (Fsp3) is 0.867. The molecule has 0 spiro atoms. The molecule has 1 aliphatic carbocycles. The molecular formula is C15H27N3O. The number of hydrogen-bond acceptors (Lipinski definition) is 4. The van der Waals surface area contributed by atoms with E-state index in [4.69, 9.17) is 4.52 Å². The van der Waals surface area contributed by atoms with Crippen molar-refractivity contribution in [2.45, 2.75) is 64.8 Å². The monoisotopic (exact) mass is 265 g/mol. The average Bonchev–Trinajstić information content (AvgIpc) is 2.86. The molecule has 1 aromatic rings. The van der Waals surface area contributed by atoms with Crippen LogP contribution in [0, 0.1) is 11.8 Å². The summed E-state index contributed by atoms with van der Waals surface area (Å²) in [6.45, 7) is 4.46. The summed E-state index contributed by atoms with van der Waals surface area (Å²) in [5.74, 6) is 3.15. The molecule has 0 aliphatic heterocycles. The van der Waals surface area contributed by atoms with E-state index in [1.54, 1.807) is 0 Å². The van der Waals surface area contributed by atoms with Gasteiger partial charge in [0.25, 0.3) is 0 Å². The summed E-state index contributed by atoms with van der Waals surface area (Å²) in [7, 11) is 1.96. The minimum absolute atomic E-state index is 0.390. The highest BCUT2D eigenvalue weighted by molar-refractivity contribution is 4.91. The maximum Gasteiger partial charge on any atom is 0.226 e. The summed E-state index contributed by atoms with van der Waals surface area (Å²) >= 11 is 0. The minimum Gasteiger partial charge on any atom is -0.339 e. The SMILES string of the molecule is CNC(C)Cc1noc(CC(C)C2CCCCC2)n1. The van der Waals surface area contributed by atoms with Gasteiger partial charge in [-0.3, -0.25) is 0 Å². The van der Waals surface area contributed by atoms with Crippen LogP contribution in [0.4, 0.5) is 0 Å². The van der Waals surface area contributed by atoms with Crippen LogP contribution >= 0.6 is 0 Å². The van der Waals surface area contributed by atoms with E-state index in [9.17, 15) is 0 Å². The molecule has 2 unspecified atom stereocenters. The summed E-state index contributed by atoms with van der Waals surface area (Å²) < 4.78 is 5.38. The molecule has 0 bridgehead atoms. The van der Waals surface area contributed by atoms with Crippen molar-refractivity contribution in [3.05, 3.63) is 11.7 Å². The quantitative estimate of drug-likeness (QED) is 0.859. The van der Waals surface area contributed by atoms with Crippen LogP contribution in [0.3, 0.4) is 0 Å². The van der Waals surface area contributed by atoms with Crippen molar-refractivity contribution in [1.29, 1.82) is 0 Å². The Labute approximate surface area is 116 Å². The summed E-state index contributed by atoms with van der Waals surface area (Å²) in [5, 5.41) is 7.27. The van der Waals surface area contributed by atoms with Gasteiger partial charge in [-0.1, -0.05) is 44.2 Å². The van der Waals surface area contributed by atoms with Gasteiger partial charge >= 0.3 is 0 Å². The Hall–Kier alpha value is -0.900. The molecule has 4 nitrogen and oxygen atoms in total. The molecule has 0 amide bonds. The lowest BCUT2D eigenvalue weighted by atomic mass is 9.79. The van der Waals surface area contributed by atoms with Gasteiger partial charge in [0.05, 0.1) is 0 Å². The molecule has 1 fully saturated rings. The van der Waals surface area contributed by atoms with Crippen molar-refractivity contribution in [1.82, 2.24) is 15.5 Å². The van der Waals surface area contributed by atoms with E-state index in [0.717, 1.165) is 30.5 Å². The van der Waals surface area contributed by atoms with Crippen molar-refractivity contribution >= 4 is 0 Å². The first-order valence-electron chi connectivity index (χ1n) is 7.67. The van der Waals surface area contributed by atoms with Gasteiger partial charge in [-0.2, -0.15) is 4.98 Å². The van der Waals surface area contributed by atoms with Crippen LogP contribution in [0.15, 0.2) is 4.52 Å². The topological polar surface area (TPSA) is 51.0 Å². The van der Waals surface area contributed by atoms with E-state index < -0.39 is 0 Å². The average molecular weight is 265 g/mol. The Kier molecular flexibility index (Phi) is 5.37. The van der Waals surface area contributed by atoms with E-state index >= 15 is 0 Å². The summed E-state index contributed by atoms with van der Waals surface area (Å²) in [5.41, 5.74) is 0. The zero-order chi connectivity index (χ0) is 13.7. The highest BCUT2D eigenvalue weighted by Gasteiger charge is 2.22. The highest BCUT2D eigenvalue weighted by atomic mass is 16.5. The first-order valence-corrected chi connectivity index (χ1v) is 7.67. The van der Waals surface area contributed by atoms with Crippen LogP contribution in [0.2, 0.25) is 0 Å². The van der Waals surface area contributed by atoms with E-state index in [0.29, 0.717) is 12.0 Å². The van der Waals surface area contributed by atoms with Gasteiger partial charge in [0.15, 0.2) is 5.82 Å². The van der Waals surface area contributed by atoms with Crippen molar-refractivity contribution in [2.75, 3.05) is 7.05 Å². The van der Waals surface area contributed by atoms with Crippen LogP contribution < -0.4 is 5.32 Å². The zero-order valence-corrected chi connectivity index (χ0v) is 12.5. The Balaban J connectivity index is 1.84. The smallest absolute Gasteiger partial charge is 0.226 e. The second kappa shape index (κ2) is 7.04. The van der Waals surface area contributed by atoms with E-state index in [2.05, 4.69) is 29.3 Å². The molecule has 19 heavy (non-hydrogen) atoms. The molecule has 0 radical (unpaired) electrons. The predicted molar refractivity (Wildman–Crippen MR) is 76.0 cm³/mol. The first-order chi connectivity index (χ1) is 9.19. The second-order valence-electron chi connectivity index (χ2n) is 6.08. The van der Waals surface area contributed by atoms with Gasteiger partial charge < -0.3 is 9.84 Å². The second-order valence-corrected chi connectivity index (χ2v) is 6.08. The van der Waals surface area contributed by atoms with E-state index in [-0.39, 0.29) is 0 Å². The predicted octanol–water partition coefficient (Wildman–Crippen LogP) is 2.98. The molecule has 4 heteroatoms. The third-order valence-corrected chi connectivity index (χ3v) is 4.44. The number of hydrogen-bond donors (Lipinski definition) is 1.